The van der Waals surface area contributed by atoms with Gasteiger partial charge < -0.3 is 36.6 Å². The number of nitrogens with zero attached hydrogens (tertiary/aromatic N) is 3. The molecule has 0 bridgehead atoms. The predicted molar refractivity (Wildman–Crippen MR) is 303 cm³/mol. The number of aliphatic hydroxyl groups is 2. The van der Waals surface area contributed by atoms with Gasteiger partial charge in [-0.3, -0.25) is 19.4 Å². The highest BCUT2D eigenvalue weighted by atomic mass is 19.4. The van der Waals surface area contributed by atoms with E-state index in [1.807, 2.05) is 109 Å². The van der Waals surface area contributed by atoms with Crippen molar-refractivity contribution < 1.29 is 56.4 Å². The number of carbonyl (C=O) groups is 4. The van der Waals surface area contributed by atoms with Crippen LogP contribution in [0.15, 0.2) is 170 Å². The Morgan fingerprint density at radius 1 is 0.646 bits per heavy atom. The Morgan fingerprint density at radius 3 is 1.87 bits per heavy atom. The predicted octanol–water partition coefficient (Wildman–Crippen LogP) is 13.0. The van der Waals surface area contributed by atoms with Crippen LogP contribution in [0.4, 0.5) is 39.1 Å². The number of nitrogens with two attached hydrogens (primary N) is 1. The number of para-hydroxylation sites is 1. The lowest BCUT2D eigenvalue weighted by molar-refractivity contribution is -0.192. The maximum absolute atomic E-state index is 13.9. The van der Waals surface area contributed by atoms with Crippen molar-refractivity contribution in [3.05, 3.63) is 221 Å². The average Bonchev–Trinajstić information content (AvgIpc) is 2.02. The molecule has 13 nitrogen and oxygen atoms in total. The Labute approximate surface area is 473 Å². The molecule has 8 rings (SSSR count). The number of halogens is 5. The van der Waals surface area contributed by atoms with E-state index in [0.29, 0.717) is 60.7 Å². The molecule has 18 heteroatoms. The van der Waals surface area contributed by atoms with Gasteiger partial charge in [0.15, 0.2) is 0 Å². The van der Waals surface area contributed by atoms with Crippen LogP contribution in [0.3, 0.4) is 0 Å². The first-order valence-electron chi connectivity index (χ1n) is 27.4. The summed E-state index contributed by atoms with van der Waals surface area (Å²) in [5.74, 6) is -4.98. The third-order valence-corrected chi connectivity index (χ3v) is 14.6. The van der Waals surface area contributed by atoms with Gasteiger partial charge >= 0.3 is 12.1 Å². The molecule has 3 heterocycles. The van der Waals surface area contributed by atoms with E-state index in [4.69, 9.17) is 20.6 Å². The summed E-state index contributed by atoms with van der Waals surface area (Å²) in [4.78, 5) is 59.7. The summed E-state index contributed by atoms with van der Waals surface area (Å²) in [5, 5.41) is 36.3. The number of alkyl halides is 3. The minimum atomic E-state index is -5.08. The normalized spacial score (nSPS) is 15.5. The summed E-state index contributed by atoms with van der Waals surface area (Å²) in [5.41, 5.74) is 13.1. The quantitative estimate of drug-likeness (QED) is 0.0172. The van der Waals surface area contributed by atoms with Crippen molar-refractivity contribution >= 4 is 40.9 Å². The van der Waals surface area contributed by atoms with Crippen LogP contribution in [0.2, 0.25) is 0 Å². The third-order valence-electron chi connectivity index (χ3n) is 14.6. The minimum Gasteiger partial charge on any atom is -0.475 e. The molecule has 0 saturated carbocycles. The molecule has 1 aliphatic rings. The number of aromatic nitrogens is 2. The van der Waals surface area contributed by atoms with Crippen LogP contribution in [0.5, 0.6) is 0 Å². The molecule has 6 unspecified atom stereocenters. The van der Waals surface area contributed by atoms with Crippen LogP contribution >= 0.6 is 0 Å². The van der Waals surface area contributed by atoms with Crippen molar-refractivity contribution in [2.75, 3.05) is 16.0 Å². The Hall–Kier alpha value is -8.35. The summed E-state index contributed by atoms with van der Waals surface area (Å²) < 4.78 is 59.1. The third kappa shape index (κ3) is 17.1. The smallest absolute Gasteiger partial charge is 0.475 e. The van der Waals surface area contributed by atoms with Gasteiger partial charge in [0.05, 0.1) is 24.2 Å². The molecule has 1 saturated heterocycles. The Bertz CT molecular complexity index is 3170. The number of amides is 3. The molecule has 430 valence electrons. The average molecular weight is 1130 g/mol. The fraction of sp³-hybridized carbons (Fsp3) is 0.312. The first-order chi connectivity index (χ1) is 39.5. The van der Waals surface area contributed by atoms with Crippen molar-refractivity contribution in [1.82, 2.24) is 15.3 Å². The number of hydrogen-bond acceptors (Lipinski definition) is 9. The van der Waals surface area contributed by atoms with Crippen LogP contribution in [-0.4, -0.2) is 55.2 Å². The van der Waals surface area contributed by atoms with Crippen LogP contribution in [-0.2, 0) is 25.7 Å². The van der Waals surface area contributed by atoms with E-state index in [0.717, 1.165) is 79.2 Å². The molecule has 0 radical (unpaired) electrons. The number of benzene rings is 5. The van der Waals surface area contributed by atoms with Crippen molar-refractivity contribution in [1.29, 1.82) is 0 Å². The molecule has 0 spiro atoms. The zero-order chi connectivity index (χ0) is 58.6. The highest BCUT2D eigenvalue weighted by Crippen LogP contribution is 2.49. The summed E-state index contributed by atoms with van der Waals surface area (Å²) in [6, 6.07) is 45.5. The lowest BCUT2D eigenvalue weighted by atomic mass is 9.74. The lowest BCUT2D eigenvalue weighted by Gasteiger charge is -2.48. The first kappa shape index (κ1) is 61.3. The van der Waals surface area contributed by atoms with E-state index in [-0.39, 0.29) is 23.8 Å². The highest BCUT2D eigenvalue weighted by Gasteiger charge is 2.48. The monoisotopic (exact) mass is 1130 g/mol. The second kappa shape index (κ2) is 29.9. The maximum atomic E-state index is 13.9. The number of aliphatic hydroxyl groups excluding tert-OH is 2. The number of nitrogen functional groups attached to an aromatic ring is 1. The molecule has 6 atom stereocenters. The fourth-order valence-electron chi connectivity index (χ4n) is 10.4. The number of carboxylic acid groups (broad SMARTS) is 1. The summed E-state index contributed by atoms with van der Waals surface area (Å²) in [7, 11) is 0. The fourth-order valence-corrected chi connectivity index (χ4v) is 10.4. The second-order valence-electron chi connectivity index (χ2n) is 20.3. The second-order valence-corrected chi connectivity index (χ2v) is 20.3. The Balaban J connectivity index is 0.00000130. The van der Waals surface area contributed by atoms with Gasteiger partial charge in [0.1, 0.15) is 17.5 Å². The molecule has 7 N–H and O–H groups in total. The van der Waals surface area contributed by atoms with E-state index in [9.17, 15) is 46.5 Å². The molecule has 2 aromatic heterocycles. The number of unbranched alkanes of at least 4 members (excludes halogenated alkanes) is 7. The molecule has 1 fully saturated rings. The van der Waals surface area contributed by atoms with Crippen LogP contribution in [0.1, 0.15) is 146 Å². The van der Waals surface area contributed by atoms with Crippen molar-refractivity contribution in [3.63, 3.8) is 0 Å². The van der Waals surface area contributed by atoms with Gasteiger partial charge in [-0.2, -0.15) is 13.2 Å². The van der Waals surface area contributed by atoms with E-state index in [1.165, 1.54) is 24.3 Å². The van der Waals surface area contributed by atoms with Gasteiger partial charge in [0.25, 0.3) is 0 Å². The number of rotatable bonds is 26. The van der Waals surface area contributed by atoms with Gasteiger partial charge in [-0.15, -0.1) is 0 Å². The minimum absolute atomic E-state index is 0.0322. The number of carboxylic acids is 1. The SMILES string of the molecule is Nc1ncccc1C(c1ccccc1NC(=O)CCCCCCCCCCC(=O)NCc1cccc(C2C(CCC(O)c3ccc(F)cc3)C(=O)N2c2ccc(F)cc2)c1)C(c1ccccn1)C(O)c1ccccc1.O=C(O)C(F)(F)F. The molecular formula is C64H67F5N6O7. The zero-order valence-corrected chi connectivity index (χ0v) is 45.1. The first-order valence-corrected chi connectivity index (χ1v) is 27.4. The summed E-state index contributed by atoms with van der Waals surface area (Å²) in [6.07, 6.45) is 5.40. The van der Waals surface area contributed by atoms with Gasteiger partial charge in [-0.25, -0.2) is 18.6 Å². The molecule has 3 amide bonds. The topological polar surface area (TPSA) is 208 Å². The number of nitrogens with one attached hydrogen (secondary N) is 2. The van der Waals surface area contributed by atoms with E-state index >= 15 is 0 Å². The number of carbonyl (C=O) groups excluding carboxylic acids is 3. The Kier molecular flexibility index (Phi) is 22.4. The van der Waals surface area contributed by atoms with Gasteiger partial charge in [0, 0.05) is 66.2 Å². The van der Waals surface area contributed by atoms with Gasteiger partial charge in [0.2, 0.25) is 17.7 Å². The van der Waals surface area contributed by atoms with Crippen molar-refractivity contribution in [3.8, 4) is 0 Å². The van der Waals surface area contributed by atoms with E-state index < -0.39 is 53.7 Å². The van der Waals surface area contributed by atoms with Crippen molar-refractivity contribution in [2.24, 2.45) is 5.92 Å². The number of hydrogen-bond donors (Lipinski definition) is 6. The van der Waals surface area contributed by atoms with E-state index in [2.05, 4.69) is 15.6 Å². The van der Waals surface area contributed by atoms with E-state index in [1.54, 1.807) is 41.6 Å². The zero-order valence-electron chi connectivity index (χ0n) is 45.1. The number of β-lactam (4-membered cyclic amide) rings is 1. The summed E-state index contributed by atoms with van der Waals surface area (Å²) in [6.45, 7) is 0.328. The lowest BCUT2D eigenvalue weighted by Crippen LogP contribution is -2.55. The van der Waals surface area contributed by atoms with Gasteiger partial charge in [-0.1, -0.05) is 136 Å². The molecule has 1 aliphatic heterocycles. The van der Waals surface area contributed by atoms with Crippen LogP contribution < -0.4 is 21.3 Å². The maximum Gasteiger partial charge on any atom is 0.490 e. The Morgan fingerprint density at radius 2 is 1.23 bits per heavy atom. The van der Waals surface area contributed by atoms with Crippen LogP contribution in [0, 0.1) is 17.6 Å². The van der Waals surface area contributed by atoms with Crippen molar-refractivity contribution in [2.45, 2.75) is 120 Å². The number of pyridine rings is 2. The van der Waals surface area contributed by atoms with Gasteiger partial charge in [-0.05, 0) is 114 Å². The summed E-state index contributed by atoms with van der Waals surface area (Å²) >= 11 is 0. The highest BCUT2D eigenvalue weighted by molar-refractivity contribution is 6.03. The standard InChI is InChI=1S/C62H66F2N6O5.C2HF3O2/c63-46-30-28-43(29-31-46)54(71)37-36-51-59(70(62(51)75)48-34-32-47(64)33-35-48)45-21-16-18-42(40-45)41-68-55(72)26-10-5-3-1-2-4-6-11-27-56(73)69-52-24-13-12-22-49(52)57(50-23-17-39-67-61(50)65)58(53-25-14-15-38-66-53)60(74)44-19-8-7-9-20-44;3-2(4,5)1(6)7/h7-9,12-25,28-35,38-40,51,54,57-60,71,74H,1-6,10-11,26-27,36-37,41H2,(H2,65,67)(H,68,72)(H,69,73);(H,6,7). The molecule has 0 aliphatic carbocycles. The number of aliphatic carboxylic acids is 1. The van der Waals surface area contributed by atoms with Crippen LogP contribution in [0.25, 0.3) is 0 Å². The number of anilines is 3. The molecular weight excluding hydrogens is 1060 g/mol. The largest absolute Gasteiger partial charge is 0.490 e. The molecule has 5 aromatic carbocycles. The molecule has 82 heavy (non-hydrogen) atoms. The molecule has 7 aromatic rings.